The highest BCUT2D eigenvalue weighted by Gasteiger charge is 2.26. The zero-order valence-corrected chi connectivity index (χ0v) is 9.30. The second kappa shape index (κ2) is 5.81. The molecule has 5 heteroatoms. The van der Waals surface area contributed by atoms with E-state index in [-0.39, 0.29) is 11.8 Å². The molecule has 14 heavy (non-hydrogen) atoms. The van der Waals surface area contributed by atoms with Gasteiger partial charge in [-0.1, -0.05) is 13.8 Å². The summed E-state index contributed by atoms with van der Waals surface area (Å²) in [5.41, 5.74) is -0.0558. The minimum absolute atomic E-state index is 0.0558. The normalized spacial score (nSPS) is 13.3. The summed E-state index contributed by atoms with van der Waals surface area (Å²) in [6.07, 6.45) is -4.63. The number of halogens is 4. The second-order valence-corrected chi connectivity index (χ2v) is 4.46. The van der Waals surface area contributed by atoms with Gasteiger partial charge in [-0.2, -0.15) is 13.2 Å². The van der Waals surface area contributed by atoms with Gasteiger partial charge in [0.15, 0.2) is 0 Å². The highest BCUT2D eigenvalue weighted by atomic mass is 35.5. The van der Waals surface area contributed by atoms with Crippen molar-refractivity contribution >= 4 is 11.6 Å². The molecule has 0 aliphatic rings. The molecule has 0 aromatic heterocycles. The molecule has 0 fully saturated rings. The van der Waals surface area contributed by atoms with Crippen molar-refractivity contribution in [1.82, 2.24) is 5.32 Å². The van der Waals surface area contributed by atoms with Crippen molar-refractivity contribution in [2.45, 2.75) is 32.9 Å². The number of alkyl halides is 4. The fourth-order valence-corrected chi connectivity index (χ4v) is 0.982. The molecule has 0 aliphatic carbocycles. The first-order chi connectivity index (χ1) is 6.27. The summed E-state index contributed by atoms with van der Waals surface area (Å²) in [7, 11) is 0. The molecule has 0 saturated carbocycles. The Kier molecular flexibility index (Phi) is 5.83. The Morgan fingerprint density at radius 1 is 1.21 bits per heavy atom. The first-order valence-electron chi connectivity index (χ1n) is 4.60. The molecule has 0 bridgehead atoms. The van der Waals surface area contributed by atoms with Crippen molar-refractivity contribution in [3.63, 3.8) is 0 Å². The molecule has 86 valence electrons. The Labute approximate surface area is 88.0 Å². The molecular weight excluding hydrogens is 215 g/mol. The summed E-state index contributed by atoms with van der Waals surface area (Å²) in [4.78, 5) is 0. The monoisotopic (exact) mass is 231 g/mol. The van der Waals surface area contributed by atoms with E-state index >= 15 is 0 Å². The number of nitrogens with one attached hydrogen (secondary N) is 1. The van der Waals surface area contributed by atoms with E-state index in [0.717, 1.165) is 0 Å². The van der Waals surface area contributed by atoms with Gasteiger partial charge in [0.25, 0.3) is 0 Å². The van der Waals surface area contributed by atoms with Crippen molar-refractivity contribution in [2.75, 3.05) is 19.0 Å². The summed E-state index contributed by atoms with van der Waals surface area (Å²) < 4.78 is 35.2. The second-order valence-electron chi connectivity index (χ2n) is 4.19. The minimum atomic E-state index is -4.04. The largest absolute Gasteiger partial charge is 0.389 e. The van der Waals surface area contributed by atoms with E-state index in [1.807, 2.05) is 13.8 Å². The summed E-state index contributed by atoms with van der Waals surface area (Å²) in [5, 5.41) is 2.96. The van der Waals surface area contributed by atoms with E-state index in [4.69, 9.17) is 11.6 Å². The van der Waals surface area contributed by atoms with Crippen LogP contribution in [-0.4, -0.2) is 25.1 Å². The topological polar surface area (TPSA) is 12.0 Å². The third-order valence-corrected chi connectivity index (χ3v) is 2.50. The Morgan fingerprint density at radius 3 is 2.21 bits per heavy atom. The Balaban J connectivity index is 3.39. The van der Waals surface area contributed by atoms with E-state index in [1.165, 1.54) is 0 Å². The van der Waals surface area contributed by atoms with Gasteiger partial charge in [-0.3, -0.25) is 0 Å². The van der Waals surface area contributed by atoms with Gasteiger partial charge in [0, 0.05) is 18.8 Å². The maximum absolute atomic E-state index is 11.7. The minimum Gasteiger partial charge on any atom is -0.316 e. The zero-order valence-electron chi connectivity index (χ0n) is 8.55. The lowest BCUT2D eigenvalue weighted by molar-refractivity contribution is -0.135. The van der Waals surface area contributed by atoms with Gasteiger partial charge >= 0.3 is 6.18 Å². The Bertz CT molecular complexity index is 157. The average Bonchev–Trinajstić information content (AvgIpc) is 2.01. The van der Waals surface area contributed by atoms with Gasteiger partial charge in [0.2, 0.25) is 0 Å². The number of hydrogen-bond donors (Lipinski definition) is 1. The molecule has 0 heterocycles. The summed E-state index contributed by atoms with van der Waals surface area (Å²) in [6, 6.07) is 0. The average molecular weight is 232 g/mol. The number of rotatable bonds is 6. The SMILES string of the molecule is CC(C)(CCl)CNCCCC(F)(F)F. The molecule has 0 aliphatic heterocycles. The van der Waals surface area contributed by atoms with Crippen LogP contribution in [0.15, 0.2) is 0 Å². The van der Waals surface area contributed by atoms with E-state index in [9.17, 15) is 13.2 Å². The maximum Gasteiger partial charge on any atom is 0.389 e. The quantitative estimate of drug-likeness (QED) is 0.547. The third kappa shape index (κ3) is 8.63. The first kappa shape index (κ1) is 14.0. The summed E-state index contributed by atoms with van der Waals surface area (Å²) in [6.45, 7) is 4.97. The van der Waals surface area contributed by atoms with Gasteiger partial charge in [0.1, 0.15) is 0 Å². The predicted molar refractivity (Wildman–Crippen MR) is 52.7 cm³/mol. The van der Waals surface area contributed by atoms with Crippen LogP contribution in [0.4, 0.5) is 13.2 Å². The van der Waals surface area contributed by atoms with Crippen LogP contribution in [0.1, 0.15) is 26.7 Å². The van der Waals surface area contributed by atoms with Crippen LogP contribution in [0.2, 0.25) is 0 Å². The van der Waals surface area contributed by atoms with Gasteiger partial charge in [-0.15, -0.1) is 11.6 Å². The molecule has 0 radical (unpaired) electrons. The molecule has 0 unspecified atom stereocenters. The van der Waals surface area contributed by atoms with Crippen LogP contribution in [0.5, 0.6) is 0 Å². The van der Waals surface area contributed by atoms with E-state index in [0.29, 0.717) is 19.0 Å². The van der Waals surface area contributed by atoms with Gasteiger partial charge in [-0.05, 0) is 18.4 Å². The molecule has 0 aromatic carbocycles. The van der Waals surface area contributed by atoms with Gasteiger partial charge in [0.05, 0.1) is 0 Å². The van der Waals surface area contributed by atoms with Crippen molar-refractivity contribution in [1.29, 1.82) is 0 Å². The van der Waals surface area contributed by atoms with Crippen LogP contribution >= 0.6 is 11.6 Å². The Hall–Kier alpha value is 0.0400. The lowest BCUT2D eigenvalue weighted by atomic mass is 9.96. The van der Waals surface area contributed by atoms with E-state index in [2.05, 4.69) is 5.32 Å². The fourth-order valence-electron chi connectivity index (χ4n) is 0.888. The van der Waals surface area contributed by atoms with Crippen LogP contribution < -0.4 is 5.32 Å². The first-order valence-corrected chi connectivity index (χ1v) is 5.14. The Morgan fingerprint density at radius 2 is 1.79 bits per heavy atom. The van der Waals surface area contributed by atoms with Crippen LogP contribution in [0.25, 0.3) is 0 Å². The van der Waals surface area contributed by atoms with Crippen molar-refractivity contribution < 1.29 is 13.2 Å². The van der Waals surface area contributed by atoms with E-state index in [1.54, 1.807) is 0 Å². The summed E-state index contributed by atoms with van der Waals surface area (Å²) in [5.74, 6) is 0.499. The fraction of sp³-hybridized carbons (Fsp3) is 1.00. The summed E-state index contributed by atoms with van der Waals surface area (Å²) >= 11 is 5.66. The van der Waals surface area contributed by atoms with Crippen LogP contribution in [-0.2, 0) is 0 Å². The van der Waals surface area contributed by atoms with Gasteiger partial charge in [-0.25, -0.2) is 0 Å². The molecular formula is C9H17ClF3N. The lowest BCUT2D eigenvalue weighted by Gasteiger charge is -2.21. The molecule has 0 amide bonds. The predicted octanol–water partition coefficient (Wildman–Crippen LogP) is 3.18. The van der Waals surface area contributed by atoms with Crippen molar-refractivity contribution in [2.24, 2.45) is 5.41 Å². The molecule has 0 atom stereocenters. The van der Waals surface area contributed by atoms with E-state index < -0.39 is 12.6 Å². The molecule has 0 saturated heterocycles. The van der Waals surface area contributed by atoms with Gasteiger partial charge < -0.3 is 5.32 Å². The molecule has 0 rings (SSSR count). The van der Waals surface area contributed by atoms with Crippen LogP contribution in [0, 0.1) is 5.41 Å². The highest BCUT2D eigenvalue weighted by Crippen LogP contribution is 2.21. The third-order valence-electron chi connectivity index (χ3n) is 1.78. The molecule has 0 spiro atoms. The smallest absolute Gasteiger partial charge is 0.316 e. The van der Waals surface area contributed by atoms with Crippen molar-refractivity contribution in [3.05, 3.63) is 0 Å². The molecule has 1 nitrogen and oxygen atoms in total. The maximum atomic E-state index is 11.7. The lowest BCUT2D eigenvalue weighted by Crippen LogP contribution is -2.31. The zero-order chi connectivity index (χ0) is 11.2. The molecule has 0 aromatic rings. The van der Waals surface area contributed by atoms with Crippen molar-refractivity contribution in [3.8, 4) is 0 Å². The molecule has 1 N–H and O–H groups in total. The standard InChI is InChI=1S/C9H17ClF3N/c1-8(2,6-10)7-14-5-3-4-9(11,12)13/h14H,3-7H2,1-2H3. The highest BCUT2D eigenvalue weighted by molar-refractivity contribution is 6.18. The number of hydrogen-bond acceptors (Lipinski definition) is 1. The van der Waals surface area contributed by atoms with Crippen LogP contribution in [0.3, 0.4) is 0 Å².